The second-order valence-electron chi connectivity index (χ2n) is 11.9. The largest absolute Gasteiger partial charge is 0.345 e. The SMILES string of the molecule is C[C@H]1NC(=O)CCC[C@H]2[C@@H]3C[C@@H](CN(C(=O)Cn4nc5ccccc5n4)C3)CN2C(=O)[C@H](Cc2ccccc2)NC1=O. The zero-order valence-corrected chi connectivity index (χ0v) is 23.8. The average molecular weight is 572 g/mol. The molecule has 1 aromatic heterocycles. The van der Waals surface area contributed by atoms with Gasteiger partial charge in [-0.15, -0.1) is 0 Å². The molecule has 3 saturated heterocycles. The molecule has 2 N–H and O–H groups in total. The van der Waals surface area contributed by atoms with Crippen molar-refractivity contribution in [2.45, 2.75) is 63.7 Å². The summed E-state index contributed by atoms with van der Waals surface area (Å²) in [4.78, 5) is 58.6. The van der Waals surface area contributed by atoms with Gasteiger partial charge in [-0.25, -0.2) is 0 Å². The van der Waals surface area contributed by atoms with Crippen LogP contribution in [-0.4, -0.2) is 86.2 Å². The van der Waals surface area contributed by atoms with Crippen LogP contribution in [0.25, 0.3) is 11.0 Å². The molecule has 4 heterocycles. The highest BCUT2D eigenvalue weighted by Crippen LogP contribution is 2.36. The van der Waals surface area contributed by atoms with Gasteiger partial charge in [-0.3, -0.25) is 19.2 Å². The molecular formula is C31H37N7O4. The van der Waals surface area contributed by atoms with Crippen molar-refractivity contribution >= 4 is 34.7 Å². The number of piperidine rings is 2. The molecule has 0 unspecified atom stereocenters. The highest BCUT2D eigenvalue weighted by Gasteiger charge is 2.45. The Labute approximate surface area is 244 Å². The van der Waals surface area contributed by atoms with Gasteiger partial charge in [-0.1, -0.05) is 42.5 Å². The number of amides is 4. The van der Waals surface area contributed by atoms with E-state index in [2.05, 4.69) is 20.8 Å². The van der Waals surface area contributed by atoms with Gasteiger partial charge < -0.3 is 20.4 Å². The fraction of sp³-hybridized carbons (Fsp3) is 0.484. The molecule has 0 aliphatic carbocycles. The molecule has 3 aliphatic rings. The monoisotopic (exact) mass is 571 g/mol. The minimum absolute atomic E-state index is 0.0412. The van der Waals surface area contributed by atoms with Crippen LogP contribution in [0, 0.1) is 11.8 Å². The number of hydrogen-bond donors (Lipinski definition) is 2. The van der Waals surface area contributed by atoms with Crippen LogP contribution in [0.1, 0.15) is 38.2 Å². The first-order valence-electron chi connectivity index (χ1n) is 14.9. The van der Waals surface area contributed by atoms with Gasteiger partial charge in [-0.05, 0) is 55.7 Å². The van der Waals surface area contributed by atoms with Crippen molar-refractivity contribution in [2.24, 2.45) is 11.8 Å². The molecule has 0 radical (unpaired) electrons. The first-order valence-corrected chi connectivity index (χ1v) is 14.9. The molecular weight excluding hydrogens is 534 g/mol. The number of likely N-dealkylation sites (tertiary alicyclic amines) is 1. The average Bonchev–Trinajstić information content (AvgIpc) is 3.39. The molecule has 2 aromatic carbocycles. The second-order valence-corrected chi connectivity index (χ2v) is 11.9. The lowest BCUT2D eigenvalue weighted by molar-refractivity contribution is -0.149. The summed E-state index contributed by atoms with van der Waals surface area (Å²) in [7, 11) is 0. The fourth-order valence-electron chi connectivity index (χ4n) is 6.77. The van der Waals surface area contributed by atoms with E-state index in [4.69, 9.17) is 0 Å². The summed E-state index contributed by atoms with van der Waals surface area (Å²) < 4.78 is 0. The van der Waals surface area contributed by atoms with Crippen molar-refractivity contribution in [3.8, 4) is 0 Å². The zero-order chi connectivity index (χ0) is 29.2. The van der Waals surface area contributed by atoms with Crippen molar-refractivity contribution < 1.29 is 19.2 Å². The molecule has 3 aliphatic heterocycles. The molecule has 3 aromatic rings. The number of fused-ring (bicyclic) bond motifs is 5. The second kappa shape index (κ2) is 11.9. The van der Waals surface area contributed by atoms with E-state index in [1.54, 1.807) is 6.92 Å². The lowest BCUT2D eigenvalue weighted by atomic mass is 9.77. The van der Waals surface area contributed by atoms with Crippen LogP contribution in [0.4, 0.5) is 0 Å². The summed E-state index contributed by atoms with van der Waals surface area (Å²) in [6.07, 6.45) is 2.81. The van der Waals surface area contributed by atoms with Gasteiger partial charge in [0.15, 0.2) is 0 Å². The number of aromatic nitrogens is 3. The van der Waals surface area contributed by atoms with E-state index in [0.717, 1.165) is 23.0 Å². The van der Waals surface area contributed by atoms with Crippen molar-refractivity contribution in [1.82, 2.24) is 35.4 Å². The van der Waals surface area contributed by atoms with E-state index in [9.17, 15) is 19.2 Å². The van der Waals surface area contributed by atoms with Gasteiger partial charge in [0.1, 0.15) is 29.7 Å². The molecule has 42 heavy (non-hydrogen) atoms. The molecule has 4 amide bonds. The maximum atomic E-state index is 14.2. The van der Waals surface area contributed by atoms with E-state index < -0.39 is 12.1 Å². The molecule has 0 spiro atoms. The minimum atomic E-state index is -0.752. The van der Waals surface area contributed by atoms with Crippen LogP contribution in [0.2, 0.25) is 0 Å². The molecule has 11 heteroatoms. The first kappa shape index (κ1) is 27.9. The van der Waals surface area contributed by atoms with Crippen molar-refractivity contribution in [3.05, 3.63) is 60.2 Å². The number of rotatable bonds is 4. The van der Waals surface area contributed by atoms with Crippen LogP contribution in [0.15, 0.2) is 54.6 Å². The van der Waals surface area contributed by atoms with E-state index in [1.807, 2.05) is 64.4 Å². The first-order chi connectivity index (χ1) is 20.3. The fourth-order valence-corrected chi connectivity index (χ4v) is 6.77. The van der Waals surface area contributed by atoms with Crippen molar-refractivity contribution in [3.63, 3.8) is 0 Å². The number of carbonyl (C=O) groups is 4. The number of benzene rings is 2. The molecule has 5 atom stereocenters. The predicted octanol–water partition coefficient (Wildman–Crippen LogP) is 1.52. The lowest BCUT2D eigenvalue weighted by Gasteiger charge is -2.51. The van der Waals surface area contributed by atoms with E-state index in [1.165, 1.54) is 4.80 Å². The number of nitrogens with zero attached hydrogens (tertiary/aromatic N) is 5. The Bertz CT molecular complexity index is 1440. The molecule has 220 valence electrons. The molecule has 2 bridgehead atoms. The molecule has 6 rings (SSSR count). The van der Waals surface area contributed by atoms with Gasteiger partial charge in [0, 0.05) is 38.5 Å². The normalized spacial score (nSPS) is 27.0. The highest BCUT2D eigenvalue weighted by atomic mass is 16.2. The third-order valence-corrected chi connectivity index (χ3v) is 8.78. The van der Waals surface area contributed by atoms with Gasteiger partial charge >= 0.3 is 0 Å². The Hall–Kier alpha value is -4.28. The molecule has 3 fully saturated rings. The molecule has 0 saturated carbocycles. The molecule has 11 nitrogen and oxygen atoms in total. The van der Waals surface area contributed by atoms with Crippen molar-refractivity contribution in [2.75, 3.05) is 19.6 Å². The van der Waals surface area contributed by atoms with Gasteiger partial charge in [-0.2, -0.15) is 15.0 Å². The summed E-state index contributed by atoms with van der Waals surface area (Å²) in [6.45, 7) is 3.30. The van der Waals surface area contributed by atoms with E-state index in [-0.39, 0.29) is 54.5 Å². The standard InChI is InChI=1S/C31H37N7O4/c1-20-30(41)33-26(15-21-8-3-2-4-9-21)31(42)37-17-22-14-23(27(37)12-7-13-28(39)32-20)18-36(16-22)29(40)19-38-34-24-10-5-6-11-25(24)35-38/h2-6,8-11,20,22-23,26-27H,7,12-19H2,1H3,(H,32,39)(H,33,41)/t20-,22+,23-,26+,27+/m1/s1. The third kappa shape index (κ3) is 6.00. The Balaban J connectivity index is 1.22. The van der Waals surface area contributed by atoms with Gasteiger partial charge in [0.25, 0.3) is 0 Å². The number of hydrogen-bond acceptors (Lipinski definition) is 6. The number of nitrogens with one attached hydrogen (secondary N) is 2. The van der Waals surface area contributed by atoms with Crippen molar-refractivity contribution in [1.29, 1.82) is 0 Å². The van der Waals surface area contributed by atoms with Gasteiger partial charge in [0.05, 0.1) is 0 Å². The van der Waals surface area contributed by atoms with Crippen LogP contribution < -0.4 is 10.6 Å². The van der Waals surface area contributed by atoms with Crippen LogP contribution >= 0.6 is 0 Å². The smallest absolute Gasteiger partial charge is 0.246 e. The highest BCUT2D eigenvalue weighted by molar-refractivity contribution is 5.92. The summed E-state index contributed by atoms with van der Waals surface area (Å²) in [6, 6.07) is 15.6. The third-order valence-electron chi connectivity index (χ3n) is 8.78. The topological polar surface area (TPSA) is 130 Å². The Morgan fingerprint density at radius 2 is 1.64 bits per heavy atom. The van der Waals surface area contributed by atoms with Crippen LogP contribution in [0.3, 0.4) is 0 Å². The summed E-state index contributed by atoms with van der Waals surface area (Å²) in [5.74, 6) is -0.486. The summed E-state index contributed by atoms with van der Waals surface area (Å²) >= 11 is 0. The van der Waals surface area contributed by atoms with Gasteiger partial charge in [0.2, 0.25) is 23.6 Å². The quantitative estimate of drug-likeness (QED) is 0.489. The Morgan fingerprint density at radius 3 is 2.38 bits per heavy atom. The number of carbonyl (C=O) groups excluding carboxylic acids is 4. The summed E-state index contributed by atoms with van der Waals surface area (Å²) in [5.41, 5.74) is 2.45. The minimum Gasteiger partial charge on any atom is -0.345 e. The lowest BCUT2D eigenvalue weighted by Crippen LogP contribution is -2.64. The summed E-state index contributed by atoms with van der Waals surface area (Å²) in [5, 5.41) is 14.6. The van der Waals surface area contributed by atoms with E-state index in [0.29, 0.717) is 38.9 Å². The maximum Gasteiger partial charge on any atom is 0.246 e. The Kier molecular flexibility index (Phi) is 7.90. The van der Waals surface area contributed by atoms with Crippen LogP contribution in [0.5, 0.6) is 0 Å². The Morgan fingerprint density at radius 1 is 0.929 bits per heavy atom. The van der Waals surface area contributed by atoms with E-state index >= 15 is 0 Å². The maximum absolute atomic E-state index is 14.2. The predicted molar refractivity (Wildman–Crippen MR) is 155 cm³/mol. The van der Waals surface area contributed by atoms with Crippen LogP contribution in [-0.2, 0) is 32.1 Å². The zero-order valence-electron chi connectivity index (χ0n) is 23.8.